The standard InChI is InChI=1S/C13H18BrNO3/c1-4-17-10-6-7-12(18-5-2)11(8-10)15-13(16)9(3)14/h6-9H,4-5H2,1-3H3,(H,15,16). The molecule has 1 unspecified atom stereocenters. The number of amides is 1. The van der Waals surface area contributed by atoms with Crippen molar-refractivity contribution in [2.45, 2.75) is 25.6 Å². The van der Waals surface area contributed by atoms with Crippen molar-refractivity contribution in [1.29, 1.82) is 0 Å². The van der Waals surface area contributed by atoms with Crippen LogP contribution < -0.4 is 14.8 Å². The molecule has 0 saturated heterocycles. The Kier molecular flexibility index (Phi) is 5.98. The lowest BCUT2D eigenvalue weighted by molar-refractivity contribution is -0.115. The van der Waals surface area contributed by atoms with Crippen molar-refractivity contribution < 1.29 is 14.3 Å². The molecule has 0 bridgehead atoms. The monoisotopic (exact) mass is 315 g/mol. The lowest BCUT2D eigenvalue weighted by Crippen LogP contribution is -2.20. The van der Waals surface area contributed by atoms with Crippen molar-refractivity contribution in [1.82, 2.24) is 0 Å². The maximum absolute atomic E-state index is 11.7. The van der Waals surface area contributed by atoms with Crippen molar-refractivity contribution >= 4 is 27.5 Å². The fourth-order valence-corrected chi connectivity index (χ4v) is 1.49. The highest BCUT2D eigenvalue weighted by atomic mass is 79.9. The first-order valence-electron chi connectivity index (χ1n) is 5.93. The minimum absolute atomic E-state index is 0.121. The van der Waals surface area contributed by atoms with E-state index in [4.69, 9.17) is 9.47 Å². The largest absolute Gasteiger partial charge is 0.494 e. The van der Waals surface area contributed by atoms with Gasteiger partial charge in [0.05, 0.1) is 23.7 Å². The molecule has 1 N–H and O–H groups in total. The fourth-order valence-electron chi connectivity index (χ4n) is 1.38. The summed E-state index contributed by atoms with van der Waals surface area (Å²) in [5.74, 6) is 1.23. The predicted molar refractivity (Wildman–Crippen MR) is 75.8 cm³/mol. The number of anilines is 1. The van der Waals surface area contributed by atoms with Gasteiger partial charge >= 0.3 is 0 Å². The second-order valence-electron chi connectivity index (χ2n) is 3.63. The van der Waals surface area contributed by atoms with Gasteiger partial charge in [-0.05, 0) is 32.9 Å². The van der Waals surface area contributed by atoms with Crippen LogP contribution >= 0.6 is 15.9 Å². The van der Waals surface area contributed by atoms with E-state index in [0.717, 1.165) is 0 Å². The Morgan fingerprint density at radius 3 is 2.56 bits per heavy atom. The third kappa shape index (κ3) is 4.22. The molecule has 0 spiro atoms. The van der Waals surface area contributed by atoms with Gasteiger partial charge in [-0.15, -0.1) is 0 Å². The number of hydrogen-bond acceptors (Lipinski definition) is 3. The van der Waals surface area contributed by atoms with Gasteiger partial charge in [0.1, 0.15) is 11.5 Å². The molecule has 0 saturated carbocycles. The van der Waals surface area contributed by atoms with Crippen molar-refractivity contribution in [3.63, 3.8) is 0 Å². The summed E-state index contributed by atoms with van der Waals surface area (Å²) in [6, 6.07) is 5.38. The molecule has 1 amide bonds. The number of benzene rings is 1. The van der Waals surface area contributed by atoms with Crippen LogP contribution in [0.4, 0.5) is 5.69 Å². The number of hydrogen-bond donors (Lipinski definition) is 1. The van der Waals surface area contributed by atoms with E-state index in [1.807, 2.05) is 19.9 Å². The molecule has 0 radical (unpaired) electrons. The Morgan fingerprint density at radius 2 is 2.00 bits per heavy atom. The number of nitrogens with one attached hydrogen (secondary N) is 1. The smallest absolute Gasteiger partial charge is 0.237 e. The quantitative estimate of drug-likeness (QED) is 0.820. The van der Waals surface area contributed by atoms with Crippen LogP contribution in [-0.2, 0) is 4.79 Å². The first-order chi connectivity index (χ1) is 8.58. The van der Waals surface area contributed by atoms with Crippen LogP contribution in [0.3, 0.4) is 0 Å². The van der Waals surface area contributed by atoms with Crippen LogP contribution in [0.15, 0.2) is 18.2 Å². The van der Waals surface area contributed by atoms with Crippen LogP contribution in [0.25, 0.3) is 0 Å². The zero-order valence-corrected chi connectivity index (χ0v) is 12.4. The first-order valence-corrected chi connectivity index (χ1v) is 6.84. The van der Waals surface area contributed by atoms with Crippen LogP contribution in [0.2, 0.25) is 0 Å². The van der Waals surface area contributed by atoms with Gasteiger partial charge in [-0.25, -0.2) is 0 Å². The number of halogens is 1. The Labute approximate surface area is 116 Å². The fraction of sp³-hybridized carbons (Fsp3) is 0.462. The summed E-state index contributed by atoms with van der Waals surface area (Å²) in [5, 5.41) is 2.80. The van der Waals surface area contributed by atoms with Gasteiger partial charge in [0.25, 0.3) is 0 Å². The maximum Gasteiger partial charge on any atom is 0.237 e. The van der Waals surface area contributed by atoms with Crippen molar-refractivity contribution in [2.24, 2.45) is 0 Å². The molecule has 0 aliphatic rings. The van der Waals surface area contributed by atoms with Crippen LogP contribution in [0, 0.1) is 0 Å². The van der Waals surface area contributed by atoms with Crippen molar-refractivity contribution in [2.75, 3.05) is 18.5 Å². The Hall–Kier alpha value is -1.23. The Balaban J connectivity index is 2.95. The van der Waals surface area contributed by atoms with Gasteiger partial charge in [0.2, 0.25) is 5.91 Å². The summed E-state index contributed by atoms with van der Waals surface area (Å²) >= 11 is 3.23. The molecule has 0 heterocycles. The topological polar surface area (TPSA) is 47.6 Å². The van der Waals surface area contributed by atoms with E-state index in [1.165, 1.54) is 0 Å². The van der Waals surface area contributed by atoms with Gasteiger partial charge in [0.15, 0.2) is 0 Å². The highest BCUT2D eigenvalue weighted by molar-refractivity contribution is 9.10. The highest BCUT2D eigenvalue weighted by Gasteiger charge is 2.13. The van der Waals surface area contributed by atoms with Crippen LogP contribution in [-0.4, -0.2) is 23.9 Å². The summed E-state index contributed by atoms with van der Waals surface area (Å²) < 4.78 is 10.9. The SMILES string of the molecule is CCOc1ccc(OCC)c(NC(=O)C(C)Br)c1. The summed E-state index contributed by atoms with van der Waals surface area (Å²) in [6.07, 6.45) is 0. The van der Waals surface area contributed by atoms with E-state index >= 15 is 0 Å². The average molecular weight is 316 g/mol. The van der Waals surface area contributed by atoms with Gasteiger partial charge in [-0.2, -0.15) is 0 Å². The Bertz CT molecular complexity index is 407. The molecule has 18 heavy (non-hydrogen) atoms. The summed E-state index contributed by atoms with van der Waals surface area (Å²) in [4.78, 5) is 11.4. The van der Waals surface area contributed by atoms with E-state index in [0.29, 0.717) is 30.4 Å². The summed E-state index contributed by atoms with van der Waals surface area (Å²) in [5.41, 5.74) is 0.624. The molecule has 1 aromatic carbocycles. The molecule has 4 nitrogen and oxygen atoms in total. The number of carbonyl (C=O) groups excluding carboxylic acids is 1. The molecule has 1 aromatic rings. The zero-order chi connectivity index (χ0) is 13.5. The number of rotatable bonds is 6. The van der Waals surface area contributed by atoms with Gasteiger partial charge in [-0.1, -0.05) is 15.9 Å². The lowest BCUT2D eigenvalue weighted by Gasteiger charge is -2.14. The number of carbonyl (C=O) groups is 1. The molecular weight excluding hydrogens is 298 g/mol. The predicted octanol–water partition coefficient (Wildman–Crippen LogP) is 3.21. The van der Waals surface area contributed by atoms with Crippen molar-refractivity contribution in [3.8, 4) is 11.5 Å². The van der Waals surface area contributed by atoms with E-state index in [2.05, 4.69) is 21.2 Å². The van der Waals surface area contributed by atoms with E-state index in [1.54, 1.807) is 19.1 Å². The molecule has 0 aliphatic heterocycles. The second kappa shape index (κ2) is 7.26. The van der Waals surface area contributed by atoms with Crippen LogP contribution in [0.5, 0.6) is 11.5 Å². The first kappa shape index (κ1) is 14.8. The molecule has 0 aliphatic carbocycles. The molecule has 1 atom stereocenters. The minimum atomic E-state index is -0.261. The lowest BCUT2D eigenvalue weighted by atomic mass is 10.2. The number of alkyl halides is 1. The molecule has 1 rings (SSSR count). The van der Waals surface area contributed by atoms with Gasteiger partial charge in [-0.3, -0.25) is 4.79 Å². The molecule has 5 heteroatoms. The molecule has 0 aromatic heterocycles. The molecular formula is C13H18BrNO3. The van der Waals surface area contributed by atoms with Gasteiger partial charge < -0.3 is 14.8 Å². The zero-order valence-electron chi connectivity index (χ0n) is 10.8. The number of ether oxygens (including phenoxy) is 2. The highest BCUT2D eigenvalue weighted by Crippen LogP contribution is 2.29. The van der Waals surface area contributed by atoms with Gasteiger partial charge in [0, 0.05) is 6.07 Å². The minimum Gasteiger partial charge on any atom is -0.494 e. The van der Waals surface area contributed by atoms with Crippen LogP contribution in [0.1, 0.15) is 20.8 Å². The second-order valence-corrected chi connectivity index (χ2v) is 5.00. The Morgan fingerprint density at radius 1 is 1.33 bits per heavy atom. The van der Waals surface area contributed by atoms with Crippen molar-refractivity contribution in [3.05, 3.63) is 18.2 Å². The molecule has 0 fully saturated rings. The van der Waals surface area contributed by atoms with E-state index < -0.39 is 0 Å². The normalized spacial score (nSPS) is 11.8. The maximum atomic E-state index is 11.7. The summed E-state index contributed by atoms with van der Waals surface area (Å²) in [6.45, 7) is 6.70. The van der Waals surface area contributed by atoms with E-state index in [9.17, 15) is 4.79 Å². The third-order valence-corrected chi connectivity index (χ3v) is 2.60. The van der Waals surface area contributed by atoms with E-state index in [-0.39, 0.29) is 10.7 Å². The third-order valence-electron chi connectivity index (χ3n) is 2.18. The molecule has 100 valence electrons. The average Bonchev–Trinajstić information content (AvgIpc) is 2.33. The summed E-state index contributed by atoms with van der Waals surface area (Å²) in [7, 11) is 0.